The van der Waals surface area contributed by atoms with E-state index in [0.29, 0.717) is 5.92 Å². The van der Waals surface area contributed by atoms with E-state index in [4.69, 9.17) is 9.97 Å². The lowest BCUT2D eigenvalue weighted by Crippen LogP contribution is -2.15. The first kappa shape index (κ1) is 11.9. The van der Waals surface area contributed by atoms with Gasteiger partial charge in [-0.15, -0.1) is 11.3 Å². The zero-order valence-electron chi connectivity index (χ0n) is 12.8. The molecule has 0 N–H and O–H groups in total. The molecule has 3 heteroatoms. The Morgan fingerprint density at radius 1 is 1.04 bits per heavy atom. The number of benzene rings is 2. The number of hydrogen-bond acceptors (Lipinski definition) is 3. The van der Waals surface area contributed by atoms with Crippen molar-refractivity contribution in [2.24, 2.45) is 5.92 Å². The van der Waals surface area contributed by atoms with Gasteiger partial charge in [-0.05, 0) is 28.9 Å². The highest BCUT2D eigenvalue weighted by molar-refractivity contribution is 7.09. The van der Waals surface area contributed by atoms with Gasteiger partial charge in [0.05, 0.1) is 11.0 Å². The summed E-state index contributed by atoms with van der Waals surface area (Å²) in [5, 5.41) is 6.85. The van der Waals surface area contributed by atoms with Crippen molar-refractivity contribution in [3.63, 3.8) is 0 Å². The Hall–Kier alpha value is -2.52. The van der Waals surface area contributed by atoms with E-state index in [1.165, 1.54) is 33.9 Å². The molecule has 2 atom stereocenters. The minimum atomic E-state index is 0.218. The summed E-state index contributed by atoms with van der Waals surface area (Å²) in [6.45, 7) is 0. The Morgan fingerprint density at radius 3 is 2.83 bits per heavy atom. The second kappa shape index (κ2) is 3.60. The molecule has 3 aliphatic carbocycles. The highest BCUT2D eigenvalue weighted by atomic mass is 32.1. The molecule has 4 aromatic rings. The maximum atomic E-state index is 5.01. The molecule has 2 heterocycles. The predicted octanol–water partition coefficient (Wildman–Crippen LogP) is 5.31. The predicted molar refractivity (Wildman–Crippen MR) is 100 cm³/mol. The van der Waals surface area contributed by atoms with Crippen molar-refractivity contribution in [2.45, 2.75) is 11.8 Å². The molecule has 1 spiro atoms. The van der Waals surface area contributed by atoms with Crippen LogP contribution in [0.5, 0.6) is 0 Å². The van der Waals surface area contributed by atoms with Crippen molar-refractivity contribution in [3.8, 4) is 0 Å². The summed E-state index contributed by atoms with van der Waals surface area (Å²) in [5.74, 6) is 0.660. The van der Waals surface area contributed by atoms with Crippen LogP contribution < -0.4 is 0 Å². The number of fused-ring (bicyclic) bond motifs is 4. The molecule has 0 amide bonds. The topological polar surface area (TPSA) is 25.8 Å². The third kappa shape index (κ3) is 1.17. The number of hydrogen-bond donors (Lipinski definition) is 0. The summed E-state index contributed by atoms with van der Waals surface area (Å²) in [4.78, 5) is 10.0. The molecule has 24 heavy (non-hydrogen) atoms. The van der Waals surface area contributed by atoms with Gasteiger partial charge in [-0.2, -0.15) is 0 Å². The van der Waals surface area contributed by atoms with E-state index in [0.717, 1.165) is 22.1 Å². The number of thiophene rings is 1. The van der Waals surface area contributed by atoms with Gasteiger partial charge >= 0.3 is 0 Å². The van der Waals surface area contributed by atoms with Gasteiger partial charge in [-0.25, -0.2) is 9.97 Å². The standard InChI is InChI=1S/C21H12N2S/c1-2-11-6-7-21-8-12(21)4-5-14-18(21)17(11)13(3-1)19-20(14)23-16-10-24-9-15(16)22-19/h1-7,9-10,12H,8H2. The van der Waals surface area contributed by atoms with Crippen LogP contribution in [0.3, 0.4) is 0 Å². The second-order valence-corrected chi connectivity index (χ2v) is 7.91. The number of aromatic nitrogens is 2. The molecule has 3 aliphatic rings. The highest BCUT2D eigenvalue weighted by Gasteiger charge is 2.56. The first-order valence-corrected chi connectivity index (χ1v) is 9.30. The molecule has 2 aromatic heterocycles. The average Bonchev–Trinajstić information content (AvgIpc) is 3.15. The van der Waals surface area contributed by atoms with Gasteiger partial charge in [0.25, 0.3) is 0 Å². The molecule has 112 valence electrons. The Labute approximate surface area is 142 Å². The van der Waals surface area contributed by atoms with Crippen molar-refractivity contribution in [2.75, 3.05) is 0 Å². The summed E-state index contributed by atoms with van der Waals surface area (Å²) in [5.41, 5.74) is 8.47. The first-order chi connectivity index (χ1) is 11.9. The van der Waals surface area contributed by atoms with E-state index < -0.39 is 0 Å². The van der Waals surface area contributed by atoms with E-state index in [1.54, 1.807) is 11.3 Å². The monoisotopic (exact) mass is 324 g/mol. The zero-order chi connectivity index (χ0) is 15.5. The van der Waals surface area contributed by atoms with Crippen molar-refractivity contribution >= 4 is 56.3 Å². The molecule has 0 saturated heterocycles. The van der Waals surface area contributed by atoms with Crippen LogP contribution in [0.2, 0.25) is 0 Å². The van der Waals surface area contributed by atoms with Crippen LogP contribution in [0.15, 0.2) is 41.1 Å². The fourth-order valence-corrected chi connectivity index (χ4v) is 5.49. The van der Waals surface area contributed by atoms with Crippen LogP contribution in [0.1, 0.15) is 23.1 Å². The SMILES string of the molecule is C1=CC2CC23C=Cc2cccc4c2c3c1c1nc2cscc2nc14. The molecule has 0 bridgehead atoms. The van der Waals surface area contributed by atoms with Crippen LogP contribution in [-0.4, -0.2) is 9.97 Å². The fraction of sp³-hybridized carbons (Fsp3) is 0.143. The third-order valence-electron chi connectivity index (χ3n) is 6.02. The van der Waals surface area contributed by atoms with E-state index in [-0.39, 0.29) is 5.41 Å². The number of nitrogens with zero attached hydrogens (tertiary/aromatic N) is 2. The van der Waals surface area contributed by atoms with Crippen molar-refractivity contribution in [1.82, 2.24) is 9.97 Å². The number of rotatable bonds is 0. The minimum absolute atomic E-state index is 0.218. The van der Waals surface area contributed by atoms with Crippen LogP contribution in [0, 0.1) is 5.92 Å². The lowest BCUT2D eigenvalue weighted by atomic mass is 9.76. The van der Waals surface area contributed by atoms with Crippen LogP contribution in [0.25, 0.3) is 45.0 Å². The molecule has 2 nitrogen and oxygen atoms in total. The summed E-state index contributed by atoms with van der Waals surface area (Å²) >= 11 is 1.67. The Balaban J connectivity index is 1.84. The maximum Gasteiger partial charge on any atom is 0.100 e. The zero-order valence-corrected chi connectivity index (χ0v) is 13.6. The van der Waals surface area contributed by atoms with Gasteiger partial charge < -0.3 is 0 Å². The van der Waals surface area contributed by atoms with Crippen LogP contribution in [-0.2, 0) is 5.41 Å². The number of allylic oxidation sites excluding steroid dienone is 2. The van der Waals surface area contributed by atoms with E-state index >= 15 is 0 Å². The highest BCUT2D eigenvalue weighted by Crippen LogP contribution is 2.64. The Kier molecular flexibility index (Phi) is 1.79. The Morgan fingerprint density at radius 2 is 1.92 bits per heavy atom. The van der Waals surface area contributed by atoms with Gasteiger partial charge in [-0.3, -0.25) is 0 Å². The van der Waals surface area contributed by atoms with E-state index in [1.807, 2.05) is 0 Å². The maximum absolute atomic E-state index is 5.01. The molecule has 7 rings (SSSR count). The van der Waals surface area contributed by atoms with E-state index in [2.05, 4.69) is 53.3 Å². The molecule has 0 radical (unpaired) electrons. The fourth-order valence-electron chi connectivity index (χ4n) is 4.82. The smallest absolute Gasteiger partial charge is 0.100 e. The lowest BCUT2D eigenvalue weighted by molar-refractivity contribution is 0.826. The summed E-state index contributed by atoms with van der Waals surface area (Å²) < 4.78 is 0. The quantitative estimate of drug-likeness (QED) is 0.410. The average molecular weight is 324 g/mol. The van der Waals surface area contributed by atoms with Crippen molar-refractivity contribution in [1.29, 1.82) is 0 Å². The van der Waals surface area contributed by atoms with Gasteiger partial charge in [0.1, 0.15) is 11.0 Å². The van der Waals surface area contributed by atoms with Crippen LogP contribution >= 0.6 is 11.3 Å². The van der Waals surface area contributed by atoms with Crippen molar-refractivity contribution in [3.05, 3.63) is 57.8 Å². The van der Waals surface area contributed by atoms with Gasteiger partial charge in [0.2, 0.25) is 0 Å². The summed E-state index contributed by atoms with van der Waals surface area (Å²) in [6, 6.07) is 6.59. The van der Waals surface area contributed by atoms with E-state index in [9.17, 15) is 0 Å². The summed E-state index contributed by atoms with van der Waals surface area (Å²) in [7, 11) is 0. The normalized spacial score (nSPS) is 25.6. The molecular formula is C21H12N2S. The first-order valence-electron chi connectivity index (χ1n) is 8.35. The Bertz CT molecular complexity index is 1290. The van der Waals surface area contributed by atoms with Crippen molar-refractivity contribution < 1.29 is 0 Å². The molecule has 1 fully saturated rings. The lowest BCUT2D eigenvalue weighted by Gasteiger charge is -2.27. The molecule has 0 aliphatic heterocycles. The second-order valence-electron chi connectivity index (χ2n) is 7.16. The summed E-state index contributed by atoms with van der Waals surface area (Å²) in [6.07, 6.45) is 10.7. The van der Waals surface area contributed by atoms with Gasteiger partial charge in [0, 0.05) is 27.1 Å². The molecule has 2 unspecified atom stereocenters. The van der Waals surface area contributed by atoms with Gasteiger partial charge in [-0.1, -0.05) is 42.5 Å². The largest absolute Gasteiger partial charge is 0.243 e. The molecule has 2 aromatic carbocycles. The minimum Gasteiger partial charge on any atom is -0.243 e. The third-order valence-corrected chi connectivity index (χ3v) is 6.74. The van der Waals surface area contributed by atoms with Gasteiger partial charge in [0.15, 0.2) is 0 Å². The molecule has 1 saturated carbocycles. The van der Waals surface area contributed by atoms with Crippen LogP contribution in [0.4, 0.5) is 0 Å². The molecular weight excluding hydrogens is 312 g/mol.